The normalized spacial score (nSPS) is 35.1. The van der Waals surface area contributed by atoms with Crippen LogP contribution in [0.25, 0.3) is 0 Å². The number of phenolic OH excluding ortho intramolecular Hbond substituents is 1. The lowest BCUT2D eigenvalue weighted by Gasteiger charge is -2.39. The molecule has 0 unspecified atom stereocenters. The molecule has 7 heteroatoms. The summed E-state index contributed by atoms with van der Waals surface area (Å²) in [6.07, 6.45) is -6.75. The molecule has 0 bridgehead atoms. The molecule has 0 saturated carbocycles. The average molecular weight is 272 g/mol. The number of aliphatic hydroxyl groups is 4. The third-order valence-electron chi connectivity index (χ3n) is 2.97. The summed E-state index contributed by atoms with van der Waals surface area (Å²) < 4.78 is 10.2. The van der Waals surface area contributed by atoms with Gasteiger partial charge in [-0.3, -0.25) is 0 Å². The SMILES string of the molecule is OC[C@H]1O[C@@H](O)[C@H](Oc2ccccc2O)[C@@H](O)[C@H]1O. The van der Waals surface area contributed by atoms with Crippen molar-refractivity contribution >= 4 is 0 Å². The van der Waals surface area contributed by atoms with Crippen LogP contribution < -0.4 is 4.74 Å². The average Bonchev–Trinajstić information content (AvgIpc) is 2.41. The summed E-state index contributed by atoms with van der Waals surface area (Å²) >= 11 is 0. The zero-order chi connectivity index (χ0) is 14.0. The van der Waals surface area contributed by atoms with Gasteiger partial charge >= 0.3 is 0 Å². The molecule has 7 nitrogen and oxygen atoms in total. The molecule has 0 aliphatic carbocycles. The van der Waals surface area contributed by atoms with E-state index < -0.39 is 37.3 Å². The molecule has 1 aromatic rings. The van der Waals surface area contributed by atoms with Gasteiger partial charge in [-0.25, -0.2) is 0 Å². The van der Waals surface area contributed by atoms with Gasteiger partial charge in [-0.15, -0.1) is 0 Å². The lowest BCUT2D eigenvalue weighted by Crippen LogP contribution is -2.60. The second-order valence-electron chi connectivity index (χ2n) is 4.28. The van der Waals surface area contributed by atoms with E-state index in [1.807, 2.05) is 0 Å². The van der Waals surface area contributed by atoms with Crippen LogP contribution in [0.15, 0.2) is 24.3 Å². The van der Waals surface area contributed by atoms with E-state index in [0.717, 1.165) is 0 Å². The van der Waals surface area contributed by atoms with Crippen molar-refractivity contribution in [3.63, 3.8) is 0 Å². The minimum atomic E-state index is -1.53. The number of phenols is 1. The van der Waals surface area contributed by atoms with Crippen LogP contribution in [0, 0.1) is 0 Å². The van der Waals surface area contributed by atoms with E-state index >= 15 is 0 Å². The fourth-order valence-electron chi connectivity index (χ4n) is 1.90. The van der Waals surface area contributed by atoms with Crippen LogP contribution in [0.1, 0.15) is 0 Å². The standard InChI is InChI=1S/C12H16O7/c13-5-8-9(15)10(16)11(12(17)19-8)18-7-4-2-1-3-6(7)14/h1-4,8-17H,5H2/t8-,9+,10+,11-,12-/m1/s1. The first kappa shape index (κ1) is 14.0. The Morgan fingerprint density at radius 1 is 1.11 bits per heavy atom. The minimum absolute atomic E-state index is 0.0452. The van der Waals surface area contributed by atoms with Gasteiger partial charge in [-0.05, 0) is 12.1 Å². The molecular formula is C12H16O7. The van der Waals surface area contributed by atoms with E-state index in [9.17, 15) is 20.4 Å². The Morgan fingerprint density at radius 2 is 1.79 bits per heavy atom. The molecule has 0 spiro atoms. The molecule has 5 N–H and O–H groups in total. The van der Waals surface area contributed by atoms with Crippen molar-refractivity contribution in [3.8, 4) is 11.5 Å². The maximum absolute atomic E-state index is 9.85. The highest BCUT2D eigenvalue weighted by atomic mass is 16.7. The Hall–Kier alpha value is -1.38. The summed E-state index contributed by atoms with van der Waals surface area (Å²) in [5.74, 6) is -0.121. The molecule has 106 valence electrons. The fraction of sp³-hybridized carbons (Fsp3) is 0.500. The third kappa shape index (κ3) is 2.80. The number of hydrogen-bond donors (Lipinski definition) is 5. The van der Waals surface area contributed by atoms with Crippen molar-refractivity contribution in [3.05, 3.63) is 24.3 Å². The summed E-state index contributed by atoms with van der Waals surface area (Å²) in [5.41, 5.74) is 0. The van der Waals surface area contributed by atoms with Crippen molar-refractivity contribution in [2.75, 3.05) is 6.61 Å². The smallest absolute Gasteiger partial charge is 0.195 e. The molecule has 1 saturated heterocycles. The van der Waals surface area contributed by atoms with E-state index in [0.29, 0.717) is 0 Å². The molecule has 1 aromatic carbocycles. The Morgan fingerprint density at radius 3 is 2.42 bits per heavy atom. The molecule has 2 rings (SSSR count). The zero-order valence-electron chi connectivity index (χ0n) is 9.96. The highest BCUT2D eigenvalue weighted by Crippen LogP contribution is 2.29. The molecule has 0 aromatic heterocycles. The van der Waals surface area contributed by atoms with Crippen LogP contribution in [-0.4, -0.2) is 62.8 Å². The molecule has 1 fully saturated rings. The van der Waals surface area contributed by atoms with Gasteiger partial charge in [0, 0.05) is 0 Å². The number of hydrogen-bond acceptors (Lipinski definition) is 7. The predicted molar refractivity (Wildman–Crippen MR) is 62.5 cm³/mol. The summed E-state index contributed by atoms with van der Waals surface area (Å²) in [4.78, 5) is 0. The van der Waals surface area contributed by atoms with E-state index in [1.54, 1.807) is 12.1 Å². The van der Waals surface area contributed by atoms with Crippen molar-refractivity contribution in [2.24, 2.45) is 0 Å². The highest BCUT2D eigenvalue weighted by molar-refractivity contribution is 5.38. The number of ether oxygens (including phenoxy) is 2. The molecule has 0 radical (unpaired) electrons. The third-order valence-corrected chi connectivity index (χ3v) is 2.97. The fourth-order valence-corrected chi connectivity index (χ4v) is 1.90. The summed E-state index contributed by atoms with van der Waals surface area (Å²) in [6, 6.07) is 6.01. The Labute approximate surface area is 109 Å². The van der Waals surface area contributed by atoms with Gasteiger partial charge < -0.3 is 35.0 Å². The van der Waals surface area contributed by atoms with Crippen molar-refractivity contribution < 1.29 is 35.0 Å². The van der Waals surface area contributed by atoms with Crippen LogP contribution in [-0.2, 0) is 4.74 Å². The number of para-hydroxylation sites is 2. The van der Waals surface area contributed by atoms with Crippen molar-refractivity contribution in [2.45, 2.75) is 30.7 Å². The second kappa shape index (κ2) is 5.72. The largest absolute Gasteiger partial charge is 0.504 e. The minimum Gasteiger partial charge on any atom is -0.504 e. The van der Waals surface area contributed by atoms with Crippen LogP contribution in [0.3, 0.4) is 0 Å². The molecule has 5 atom stereocenters. The van der Waals surface area contributed by atoms with Crippen LogP contribution in [0.5, 0.6) is 11.5 Å². The van der Waals surface area contributed by atoms with Gasteiger partial charge in [0.2, 0.25) is 0 Å². The van der Waals surface area contributed by atoms with Gasteiger partial charge in [0.05, 0.1) is 6.61 Å². The number of rotatable bonds is 3. The van der Waals surface area contributed by atoms with Gasteiger partial charge in [-0.2, -0.15) is 0 Å². The van der Waals surface area contributed by atoms with Crippen LogP contribution in [0.4, 0.5) is 0 Å². The van der Waals surface area contributed by atoms with E-state index in [2.05, 4.69) is 0 Å². The first-order chi connectivity index (χ1) is 9.04. The summed E-state index contributed by atoms with van der Waals surface area (Å²) in [7, 11) is 0. The summed E-state index contributed by atoms with van der Waals surface area (Å²) in [6.45, 7) is -0.543. The lowest BCUT2D eigenvalue weighted by molar-refractivity contribution is -0.280. The summed E-state index contributed by atoms with van der Waals surface area (Å²) in [5, 5.41) is 47.7. The molecule has 1 aliphatic heterocycles. The molecule has 1 aliphatic rings. The quantitative estimate of drug-likeness (QED) is 0.457. The zero-order valence-corrected chi connectivity index (χ0v) is 9.96. The first-order valence-electron chi connectivity index (χ1n) is 5.79. The van der Waals surface area contributed by atoms with E-state index in [-0.39, 0.29) is 11.5 Å². The van der Waals surface area contributed by atoms with Crippen molar-refractivity contribution in [1.29, 1.82) is 0 Å². The molecular weight excluding hydrogens is 256 g/mol. The molecule has 19 heavy (non-hydrogen) atoms. The maximum atomic E-state index is 9.85. The Balaban J connectivity index is 2.14. The second-order valence-corrected chi connectivity index (χ2v) is 4.28. The Bertz CT molecular complexity index is 424. The lowest BCUT2D eigenvalue weighted by atomic mass is 9.99. The number of aliphatic hydroxyl groups excluding tert-OH is 4. The Kier molecular flexibility index (Phi) is 4.23. The number of benzene rings is 1. The first-order valence-corrected chi connectivity index (χ1v) is 5.79. The van der Waals surface area contributed by atoms with Crippen LogP contribution in [0.2, 0.25) is 0 Å². The van der Waals surface area contributed by atoms with Gasteiger partial charge in [0.25, 0.3) is 0 Å². The molecule has 0 amide bonds. The highest BCUT2D eigenvalue weighted by Gasteiger charge is 2.45. The number of aromatic hydroxyl groups is 1. The van der Waals surface area contributed by atoms with Gasteiger partial charge in [0.1, 0.15) is 18.3 Å². The van der Waals surface area contributed by atoms with Gasteiger partial charge in [0.15, 0.2) is 23.9 Å². The molecule has 1 heterocycles. The predicted octanol–water partition coefficient (Wildman–Crippen LogP) is -1.43. The van der Waals surface area contributed by atoms with Crippen LogP contribution >= 0.6 is 0 Å². The van der Waals surface area contributed by atoms with Crippen molar-refractivity contribution in [1.82, 2.24) is 0 Å². The maximum Gasteiger partial charge on any atom is 0.195 e. The topological polar surface area (TPSA) is 120 Å². The van der Waals surface area contributed by atoms with Gasteiger partial charge in [-0.1, -0.05) is 12.1 Å². The monoisotopic (exact) mass is 272 g/mol. The van der Waals surface area contributed by atoms with E-state index in [4.69, 9.17) is 14.6 Å². The van der Waals surface area contributed by atoms with E-state index in [1.165, 1.54) is 12.1 Å².